The maximum absolute atomic E-state index is 11.6. The van der Waals surface area contributed by atoms with Crippen LogP contribution in [-0.4, -0.2) is 28.4 Å². The Morgan fingerprint density at radius 2 is 2.17 bits per heavy atom. The van der Waals surface area contributed by atoms with Gasteiger partial charge in [-0.3, -0.25) is 0 Å². The van der Waals surface area contributed by atoms with Gasteiger partial charge in [-0.2, -0.15) is 0 Å². The number of fused-ring (bicyclic) bond motifs is 1. The second-order valence-electron chi connectivity index (χ2n) is 4.35. The molecule has 1 atom stereocenters. The Balaban J connectivity index is 2.14. The molecule has 18 heavy (non-hydrogen) atoms. The zero-order chi connectivity index (χ0) is 13.1. The molecule has 1 aromatic heterocycles. The molecule has 0 bridgehead atoms. The zero-order valence-electron chi connectivity index (χ0n) is 10.5. The Morgan fingerprint density at radius 1 is 1.44 bits per heavy atom. The number of hydrogen-bond donors (Lipinski definition) is 3. The average Bonchev–Trinajstić information content (AvgIpc) is 2.65. The summed E-state index contributed by atoms with van der Waals surface area (Å²) in [5, 5.41) is 15.5. The molecule has 0 saturated heterocycles. The van der Waals surface area contributed by atoms with E-state index in [1.165, 1.54) is 0 Å². The first-order valence-corrected chi connectivity index (χ1v) is 5.85. The highest BCUT2D eigenvalue weighted by atomic mass is 16.3. The summed E-state index contributed by atoms with van der Waals surface area (Å²) in [5.41, 5.74) is 1.82. The molecule has 1 unspecified atom stereocenters. The highest BCUT2D eigenvalue weighted by Crippen LogP contribution is 2.24. The number of carbonyl (C=O) groups excluding carboxylic acids is 1. The summed E-state index contributed by atoms with van der Waals surface area (Å²) in [6.07, 6.45) is 1.32. The minimum absolute atomic E-state index is 0.233. The lowest BCUT2D eigenvalue weighted by molar-refractivity contribution is 0.190. The summed E-state index contributed by atoms with van der Waals surface area (Å²) in [5.74, 6) is 0. The smallest absolute Gasteiger partial charge is 0.319 e. The molecule has 2 amide bonds. The standard InChI is InChI=1S/C13H17N3O2/c1-9(17)7-14-13(18)15-11-8-16(2)12-6-4-3-5-10(11)12/h3-6,8-9,17H,7H2,1-2H3,(H2,14,15,18). The van der Waals surface area contributed by atoms with Gasteiger partial charge in [-0.15, -0.1) is 0 Å². The largest absolute Gasteiger partial charge is 0.392 e. The predicted molar refractivity (Wildman–Crippen MR) is 71.6 cm³/mol. The molecule has 2 rings (SSSR count). The normalized spacial score (nSPS) is 12.4. The quantitative estimate of drug-likeness (QED) is 0.772. The van der Waals surface area contributed by atoms with Crippen LogP contribution in [0.4, 0.5) is 10.5 Å². The Bertz CT molecular complexity index is 560. The van der Waals surface area contributed by atoms with Crippen LogP contribution in [0.2, 0.25) is 0 Å². The van der Waals surface area contributed by atoms with Crippen molar-refractivity contribution in [2.75, 3.05) is 11.9 Å². The fourth-order valence-electron chi connectivity index (χ4n) is 1.85. The topological polar surface area (TPSA) is 66.3 Å². The first-order chi connectivity index (χ1) is 8.58. The van der Waals surface area contributed by atoms with Gasteiger partial charge in [-0.1, -0.05) is 18.2 Å². The Morgan fingerprint density at radius 3 is 2.89 bits per heavy atom. The summed E-state index contributed by atoms with van der Waals surface area (Å²) in [7, 11) is 1.93. The molecule has 96 valence electrons. The molecule has 3 N–H and O–H groups in total. The van der Waals surface area contributed by atoms with Crippen LogP contribution >= 0.6 is 0 Å². The number of para-hydroxylation sites is 1. The van der Waals surface area contributed by atoms with Crippen LogP contribution < -0.4 is 10.6 Å². The maximum atomic E-state index is 11.6. The molecule has 0 radical (unpaired) electrons. The van der Waals surface area contributed by atoms with Crippen molar-refractivity contribution in [1.29, 1.82) is 0 Å². The summed E-state index contributed by atoms with van der Waals surface area (Å²) >= 11 is 0. The van der Waals surface area contributed by atoms with Crippen molar-refractivity contribution >= 4 is 22.6 Å². The number of benzene rings is 1. The maximum Gasteiger partial charge on any atom is 0.319 e. The third kappa shape index (κ3) is 2.62. The van der Waals surface area contributed by atoms with Gasteiger partial charge in [0.05, 0.1) is 11.8 Å². The van der Waals surface area contributed by atoms with Crippen molar-refractivity contribution in [3.63, 3.8) is 0 Å². The third-order valence-corrected chi connectivity index (χ3v) is 2.70. The van der Waals surface area contributed by atoms with E-state index in [4.69, 9.17) is 5.11 Å². The van der Waals surface area contributed by atoms with Crippen molar-refractivity contribution in [2.24, 2.45) is 7.05 Å². The van der Waals surface area contributed by atoms with E-state index >= 15 is 0 Å². The molecule has 0 aliphatic heterocycles. The third-order valence-electron chi connectivity index (χ3n) is 2.70. The molecule has 5 heteroatoms. The van der Waals surface area contributed by atoms with Gasteiger partial charge in [0, 0.05) is 30.7 Å². The minimum atomic E-state index is -0.553. The van der Waals surface area contributed by atoms with E-state index in [1.807, 2.05) is 42.1 Å². The number of aliphatic hydroxyl groups excluding tert-OH is 1. The Labute approximate surface area is 105 Å². The number of hydrogen-bond acceptors (Lipinski definition) is 2. The summed E-state index contributed by atoms with van der Waals surface area (Å²) in [6.45, 7) is 1.86. The van der Waals surface area contributed by atoms with Crippen LogP contribution in [0.1, 0.15) is 6.92 Å². The zero-order valence-corrected chi connectivity index (χ0v) is 10.5. The Kier molecular flexibility index (Phi) is 3.53. The number of anilines is 1. The van der Waals surface area contributed by atoms with Gasteiger partial charge in [-0.05, 0) is 13.0 Å². The minimum Gasteiger partial charge on any atom is -0.392 e. The van der Waals surface area contributed by atoms with Crippen molar-refractivity contribution in [3.8, 4) is 0 Å². The van der Waals surface area contributed by atoms with Crippen LogP contribution in [-0.2, 0) is 7.05 Å². The van der Waals surface area contributed by atoms with E-state index in [-0.39, 0.29) is 12.6 Å². The molecule has 0 aliphatic carbocycles. The number of aryl methyl sites for hydroxylation is 1. The lowest BCUT2D eigenvalue weighted by Crippen LogP contribution is -2.34. The SMILES string of the molecule is CC(O)CNC(=O)Nc1cn(C)c2ccccc12. The van der Waals surface area contributed by atoms with Crippen LogP contribution in [0.25, 0.3) is 10.9 Å². The Hall–Kier alpha value is -2.01. The van der Waals surface area contributed by atoms with Gasteiger partial charge in [-0.25, -0.2) is 4.79 Å². The molecule has 0 aliphatic rings. The number of aromatic nitrogens is 1. The van der Waals surface area contributed by atoms with Crippen molar-refractivity contribution in [3.05, 3.63) is 30.5 Å². The number of amides is 2. The summed E-state index contributed by atoms with van der Waals surface area (Å²) in [6, 6.07) is 7.53. The molecule has 1 aromatic carbocycles. The highest BCUT2D eigenvalue weighted by Gasteiger charge is 2.09. The van der Waals surface area contributed by atoms with Gasteiger partial charge in [0.1, 0.15) is 0 Å². The van der Waals surface area contributed by atoms with E-state index in [0.29, 0.717) is 0 Å². The number of rotatable bonds is 3. The van der Waals surface area contributed by atoms with Gasteiger partial charge >= 0.3 is 6.03 Å². The molecule has 0 spiro atoms. The second kappa shape index (κ2) is 5.10. The van der Waals surface area contributed by atoms with E-state index in [2.05, 4.69) is 10.6 Å². The van der Waals surface area contributed by atoms with Crippen LogP contribution in [0.5, 0.6) is 0 Å². The number of aliphatic hydroxyl groups is 1. The first kappa shape index (κ1) is 12.4. The van der Waals surface area contributed by atoms with E-state index in [1.54, 1.807) is 6.92 Å². The van der Waals surface area contributed by atoms with E-state index < -0.39 is 6.10 Å². The molecular formula is C13H17N3O2. The lowest BCUT2D eigenvalue weighted by atomic mass is 10.2. The predicted octanol–water partition coefficient (Wildman–Crippen LogP) is 1.68. The number of carbonyl (C=O) groups is 1. The highest BCUT2D eigenvalue weighted by molar-refractivity contribution is 6.01. The van der Waals surface area contributed by atoms with Crippen LogP contribution in [0, 0.1) is 0 Å². The number of nitrogens with zero attached hydrogens (tertiary/aromatic N) is 1. The number of nitrogens with one attached hydrogen (secondary N) is 2. The molecular weight excluding hydrogens is 230 g/mol. The van der Waals surface area contributed by atoms with Gasteiger partial charge < -0.3 is 20.3 Å². The van der Waals surface area contributed by atoms with Crippen molar-refractivity contribution < 1.29 is 9.90 Å². The summed E-state index contributed by atoms with van der Waals surface area (Å²) in [4.78, 5) is 11.6. The lowest BCUT2D eigenvalue weighted by Gasteiger charge is -2.08. The molecule has 1 heterocycles. The van der Waals surface area contributed by atoms with Gasteiger partial charge in [0.15, 0.2) is 0 Å². The van der Waals surface area contributed by atoms with Gasteiger partial charge in [0.2, 0.25) is 0 Å². The van der Waals surface area contributed by atoms with Gasteiger partial charge in [0.25, 0.3) is 0 Å². The second-order valence-corrected chi connectivity index (χ2v) is 4.35. The first-order valence-electron chi connectivity index (χ1n) is 5.85. The van der Waals surface area contributed by atoms with Crippen molar-refractivity contribution in [1.82, 2.24) is 9.88 Å². The summed E-state index contributed by atoms with van der Waals surface area (Å²) < 4.78 is 1.96. The monoisotopic (exact) mass is 247 g/mol. The fourth-order valence-corrected chi connectivity index (χ4v) is 1.85. The molecule has 0 fully saturated rings. The van der Waals surface area contributed by atoms with Crippen molar-refractivity contribution in [2.45, 2.75) is 13.0 Å². The fraction of sp³-hybridized carbons (Fsp3) is 0.308. The molecule has 2 aromatic rings. The van der Waals surface area contributed by atoms with Crippen LogP contribution in [0.3, 0.4) is 0 Å². The van der Waals surface area contributed by atoms with Crippen LogP contribution in [0.15, 0.2) is 30.5 Å². The molecule has 0 saturated carbocycles. The molecule has 5 nitrogen and oxygen atoms in total. The van der Waals surface area contributed by atoms with E-state index in [0.717, 1.165) is 16.6 Å². The van der Waals surface area contributed by atoms with E-state index in [9.17, 15) is 4.79 Å². The average molecular weight is 247 g/mol. The number of urea groups is 1.